The van der Waals surface area contributed by atoms with Gasteiger partial charge in [-0.25, -0.2) is 0 Å². The largest absolute Gasteiger partial charge is 0.486 e. The fourth-order valence-corrected chi connectivity index (χ4v) is 3.84. The van der Waals surface area contributed by atoms with Crippen LogP contribution in [0.25, 0.3) is 0 Å². The third-order valence-electron chi connectivity index (χ3n) is 4.20. The number of nitrogens with one attached hydrogen (secondary N) is 1. The number of fused-ring (bicyclic) bond motifs is 1. The second kappa shape index (κ2) is 11.0. The van der Waals surface area contributed by atoms with E-state index in [1.165, 1.54) is 4.88 Å². The van der Waals surface area contributed by atoms with E-state index in [1.807, 2.05) is 19.2 Å². The number of hydrogen-bond donors (Lipinski definition) is 1. The van der Waals surface area contributed by atoms with E-state index < -0.39 is 0 Å². The lowest BCUT2D eigenvalue weighted by Gasteiger charge is -2.22. The second-order valence-electron chi connectivity index (χ2n) is 6.08. The molecule has 1 aromatic carbocycles. The van der Waals surface area contributed by atoms with Crippen molar-refractivity contribution in [3.05, 3.63) is 45.1 Å². The Morgan fingerprint density at radius 2 is 2.11 bits per heavy atom. The summed E-state index contributed by atoms with van der Waals surface area (Å²) in [6.07, 6.45) is 1.85. The van der Waals surface area contributed by atoms with E-state index in [4.69, 9.17) is 21.1 Å². The molecule has 2 aromatic rings. The minimum Gasteiger partial charge on any atom is -0.486 e. The Morgan fingerprint density at radius 1 is 1.30 bits per heavy atom. The van der Waals surface area contributed by atoms with Crippen molar-refractivity contribution in [2.24, 2.45) is 4.99 Å². The minimum atomic E-state index is 0. The number of nitrogens with zero attached hydrogens (tertiary/aromatic N) is 2. The molecule has 0 spiro atoms. The number of likely N-dealkylation sites (N-methyl/N-ethyl adjacent to an activating group) is 1. The van der Waals surface area contributed by atoms with Gasteiger partial charge in [0.25, 0.3) is 0 Å². The first-order valence-corrected chi connectivity index (χ1v) is 9.95. The lowest BCUT2D eigenvalue weighted by atomic mass is 10.1. The zero-order valence-corrected chi connectivity index (χ0v) is 19.4. The quantitative estimate of drug-likeness (QED) is 0.353. The van der Waals surface area contributed by atoms with Crippen molar-refractivity contribution in [1.29, 1.82) is 0 Å². The highest BCUT2D eigenvalue weighted by Gasteiger charge is 2.16. The summed E-state index contributed by atoms with van der Waals surface area (Å²) in [4.78, 5) is 7.91. The lowest BCUT2D eigenvalue weighted by Crippen LogP contribution is -2.40. The number of rotatable bonds is 6. The lowest BCUT2D eigenvalue weighted by molar-refractivity contribution is 0.171. The van der Waals surface area contributed by atoms with Crippen LogP contribution in [0.2, 0.25) is 5.02 Å². The van der Waals surface area contributed by atoms with Gasteiger partial charge in [-0.3, -0.25) is 4.99 Å². The maximum absolute atomic E-state index is 6.30. The number of aliphatic imine (C=N–C) groups is 1. The topological polar surface area (TPSA) is 46.1 Å². The second-order valence-corrected chi connectivity index (χ2v) is 7.52. The monoisotopic (exact) mass is 521 g/mol. The smallest absolute Gasteiger partial charge is 0.193 e. The van der Waals surface area contributed by atoms with Crippen LogP contribution in [-0.2, 0) is 12.8 Å². The number of guanidine groups is 1. The summed E-state index contributed by atoms with van der Waals surface area (Å²) in [6, 6.07) is 8.21. The molecule has 0 unspecified atom stereocenters. The van der Waals surface area contributed by atoms with Gasteiger partial charge in [0.2, 0.25) is 0 Å². The molecule has 0 bridgehead atoms. The first kappa shape index (κ1) is 22.1. The summed E-state index contributed by atoms with van der Waals surface area (Å²) in [5, 5.41) is 6.13. The van der Waals surface area contributed by atoms with E-state index >= 15 is 0 Å². The van der Waals surface area contributed by atoms with Crippen LogP contribution in [0.3, 0.4) is 0 Å². The Morgan fingerprint density at radius 3 is 2.85 bits per heavy atom. The Kier molecular flexibility index (Phi) is 8.98. The maximum atomic E-state index is 6.30. The molecule has 27 heavy (non-hydrogen) atoms. The number of halogens is 2. The molecule has 2 heterocycles. The third kappa shape index (κ3) is 6.15. The Hall–Kier alpha value is -1.19. The van der Waals surface area contributed by atoms with Gasteiger partial charge in [0, 0.05) is 32.1 Å². The van der Waals surface area contributed by atoms with Gasteiger partial charge in [-0.05, 0) is 42.0 Å². The fraction of sp³-hybridized carbons (Fsp3) is 0.421. The average Bonchev–Trinajstić information content (AvgIpc) is 3.17. The Labute approximate surface area is 186 Å². The van der Waals surface area contributed by atoms with E-state index in [0.717, 1.165) is 43.2 Å². The molecular formula is C19H25ClIN3O2S. The van der Waals surface area contributed by atoms with Gasteiger partial charge >= 0.3 is 0 Å². The zero-order valence-electron chi connectivity index (χ0n) is 15.5. The molecule has 5 nitrogen and oxygen atoms in total. The van der Waals surface area contributed by atoms with Gasteiger partial charge in [0.05, 0.1) is 5.02 Å². The van der Waals surface area contributed by atoms with Crippen LogP contribution in [0, 0.1) is 0 Å². The predicted octanol–water partition coefficient (Wildman–Crippen LogP) is 4.08. The van der Waals surface area contributed by atoms with E-state index in [1.54, 1.807) is 11.3 Å². The van der Waals surface area contributed by atoms with Crippen molar-refractivity contribution >= 4 is 52.9 Å². The highest BCUT2D eigenvalue weighted by molar-refractivity contribution is 14.0. The number of ether oxygens (including phenoxy) is 2. The minimum absolute atomic E-state index is 0. The van der Waals surface area contributed by atoms with Crippen LogP contribution in [-0.4, -0.2) is 51.3 Å². The van der Waals surface area contributed by atoms with Crippen molar-refractivity contribution in [1.82, 2.24) is 10.2 Å². The number of hydrogen-bond acceptors (Lipinski definition) is 4. The van der Waals surface area contributed by atoms with Gasteiger partial charge in [0.1, 0.15) is 13.2 Å². The molecule has 148 valence electrons. The number of thiophene rings is 1. The highest BCUT2D eigenvalue weighted by Crippen LogP contribution is 2.38. The molecule has 8 heteroatoms. The van der Waals surface area contributed by atoms with Crippen molar-refractivity contribution < 1.29 is 9.47 Å². The van der Waals surface area contributed by atoms with Crippen LogP contribution in [0.15, 0.2) is 34.6 Å². The van der Waals surface area contributed by atoms with Gasteiger partial charge in [-0.15, -0.1) is 35.3 Å². The van der Waals surface area contributed by atoms with Crippen molar-refractivity contribution in [2.45, 2.75) is 12.8 Å². The van der Waals surface area contributed by atoms with E-state index in [2.05, 4.69) is 39.8 Å². The molecule has 0 atom stereocenters. The van der Waals surface area contributed by atoms with E-state index in [0.29, 0.717) is 24.0 Å². The van der Waals surface area contributed by atoms with Gasteiger partial charge in [-0.2, -0.15) is 0 Å². The van der Waals surface area contributed by atoms with Crippen molar-refractivity contribution in [2.75, 3.05) is 40.4 Å². The first-order chi connectivity index (χ1) is 12.7. The summed E-state index contributed by atoms with van der Waals surface area (Å²) >= 11 is 8.09. The van der Waals surface area contributed by atoms with Gasteiger partial charge in [-0.1, -0.05) is 17.7 Å². The number of benzene rings is 1. The predicted molar refractivity (Wildman–Crippen MR) is 124 cm³/mol. The maximum Gasteiger partial charge on any atom is 0.193 e. The molecule has 3 rings (SSSR count). The molecule has 0 fully saturated rings. The standard InChI is InChI=1S/C19H24ClN3O2S.HI/c1-21-19(23(2)8-6-15-4-3-11-26-15)22-7-5-14-12-16(20)18-17(13-14)24-9-10-25-18;/h3-4,11-13H,5-10H2,1-2H3,(H,21,22);1H. The van der Waals surface area contributed by atoms with Crippen molar-refractivity contribution in [3.63, 3.8) is 0 Å². The van der Waals surface area contributed by atoms with Crippen molar-refractivity contribution in [3.8, 4) is 11.5 Å². The van der Waals surface area contributed by atoms with Crippen LogP contribution < -0.4 is 14.8 Å². The normalized spacial score (nSPS) is 13.1. The SMILES string of the molecule is CN=C(NCCc1cc(Cl)c2c(c1)OCCO2)N(C)CCc1cccs1.I. The van der Waals surface area contributed by atoms with Gasteiger partial charge in [0.15, 0.2) is 17.5 Å². The Bertz CT molecular complexity index is 756. The average molecular weight is 522 g/mol. The molecule has 0 aliphatic carbocycles. The van der Waals surface area contributed by atoms with Crippen LogP contribution in [0.5, 0.6) is 11.5 Å². The molecule has 0 saturated carbocycles. The molecular weight excluding hydrogens is 497 g/mol. The fourth-order valence-electron chi connectivity index (χ4n) is 2.85. The van der Waals surface area contributed by atoms with Crippen LogP contribution in [0.4, 0.5) is 0 Å². The van der Waals surface area contributed by atoms with Gasteiger partial charge < -0.3 is 19.7 Å². The first-order valence-electron chi connectivity index (χ1n) is 8.69. The molecule has 1 aliphatic rings. The molecule has 0 amide bonds. The zero-order chi connectivity index (χ0) is 18.4. The molecule has 1 aliphatic heterocycles. The summed E-state index contributed by atoms with van der Waals surface area (Å²) in [5.41, 5.74) is 1.11. The third-order valence-corrected chi connectivity index (χ3v) is 5.42. The van der Waals surface area contributed by atoms with E-state index in [9.17, 15) is 0 Å². The summed E-state index contributed by atoms with van der Waals surface area (Å²) < 4.78 is 11.2. The molecule has 0 saturated heterocycles. The molecule has 0 radical (unpaired) electrons. The van der Waals surface area contributed by atoms with Crippen LogP contribution in [0.1, 0.15) is 10.4 Å². The molecule has 1 aromatic heterocycles. The van der Waals surface area contributed by atoms with Crippen LogP contribution >= 0.6 is 46.9 Å². The summed E-state index contributed by atoms with van der Waals surface area (Å²) in [7, 11) is 3.87. The molecule has 1 N–H and O–H groups in total. The van der Waals surface area contributed by atoms with E-state index in [-0.39, 0.29) is 24.0 Å². The Balaban J connectivity index is 0.00000261. The summed E-state index contributed by atoms with van der Waals surface area (Å²) in [6.45, 7) is 2.80. The summed E-state index contributed by atoms with van der Waals surface area (Å²) in [5.74, 6) is 2.28. The highest BCUT2D eigenvalue weighted by atomic mass is 127.